The number of hydrogen-bond acceptors (Lipinski definition) is 3. The van der Waals surface area contributed by atoms with E-state index < -0.39 is 4.31 Å². The van der Waals surface area contributed by atoms with Crippen molar-refractivity contribution in [3.63, 3.8) is 0 Å². The molecule has 0 aromatic heterocycles. The summed E-state index contributed by atoms with van der Waals surface area (Å²) in [5, 5.41) is 0. The first-order chi connectivity index (χ1) is 11.9. The van der Waals surface area contributed by atoms with E-state index >= 15 is 0 Å². The number of ether oxygens (including phenoxy) is 2. The summed E-state index contributed by atoms with van der Waals surface area (Å²) in [7, 11) is 0. The third kappa shape index (κ3) is 1.99. The van der Waals surface area contributed by atoms with Gasteiger partial charge in [-0.05, 0) is 0 Å². The van der Waals surface area contributed by atoms with Gasteiger partial charge in [0.05, 0.1) is 0 Å². The van der Waals surface area contributed by atoms with Gasteiger partial charge in [-0.15, -0.1) is 0 Å². The zero-order valence-corrected chi connectivity index (χ0v) is 16.5. The van der Waals surface area contributed by atoms with Gasteiger partial charge in [0.15, 0.2) is 0 Å². The third-order valence-electron chi connectivity index (χ3n) is 7.11. The molecule has 0 unspecified atom stereocenters. The quantitative estimate of drug-likeness (QED) is 0.330. The molecule has 1 aromatic rings. The standard InChI is InChI=1S/C21H24O3Se/c1-13-9-12-21-16(13)17-15(10-11-19(21,2)24-21)20(3,18(22)23-17)25-14-7-5-4-6-8-14/h4-8,15-17H,1,9-12H2,2-3H3/t15-,16-,17+,19+,20-,21-/m1/s1. The molecule has 132 valence electrons. The first-order valence-electron chi connectivity index (χ1n) is 9.23. The van der Waals surface area contributed by atoms with Crippen LogP contribution in [-0.2, 0) is 14.3 Å². The molecule has 1 spiro atoms. The minimum absolute atomic E-state index is 0.00884. The Labute approximate surface area is 155 Å². The molecule has 4 aliphatic rings. The summed E-state index contributed by atoms with van der Waals surface area (Å²) in [4.78, 5) is 13.0. The molecule has 2 saturated carbocycles. The van der Waals surface area contributed by atoms with E-state index in [9.17, 15) is 4.79 Å². The van der Waals surface area contributed by atoms with Gasteiger partial charge in [-0.3, -0.25) is 0 Å². The Morgan fingerprint density at radius 3 is 2.72 bits per heavy atom. The van der Waals surface area contributed by atoms with Crippen LogP contribution in [0.5, 0.6) is 0 Å². The maximum absolute atomic E-state index is 13.0. The van der Waals surface area contributed by atoms with Gasteiger partial charge in [0.25, 0.3) is 0 Å². The van der Waals surface area contributed by atoms with Crippen LogP contribution in [0.1, 0.15) is 39.5 Å². The molecular formula is C21H24O3Se. The van der Waals surface area contributed by atoms with Crippen molar-refractivity contribution in [1.82, 2.24) is 0 Å². The summed E-state index contributed by atoms with van der Waals surface area (Å²) in [5.41, 5.74) is 1.06. The molecule has 4 fully saturated rings. The first-order valence-corrected chi connectivity index (χ1v) is 10.9. The average molecular weight is 403 g/mol. The fourth-order valence-corrected chi connectivity index (χ4v) is 8.41. The second-order valence-corrected chi connectivity index (χ2v) is 11.6. The van der Waals surface area contributed by atoms with E-state index in [4.69, 9.17) is 9.47 Å². The Bertz CT molecular complexity index is 762. The monoisotopic (exact) mass is 404 g/mol. The van der Waals surface area contributed by atoms with Gasteiger partial charge in [0.1, 0.15) is 0 Å². The van der Waals surface area contributed by atoms with Crippen LogP contribution in [0.25, 0.3) is 0 Å². The molecule has 2 heterocycles. The summed E-state index contributed by atoms with van der Waals surface area (Å²) in [6.07, 6.45) is 4.01. The van der Waals surface area contributed by atoms with E-state index in [-0.39, 0.29) is 50.1 Å². The number of carbonyl (C=O) groups excluding carboxylic acids is 1. The normalized spacial score (nSPS) is 47.5. The molecular weight excluding hydrogens is 379 g/mol. The van der Waals surface area contributed by atoms with Gasteiger partial charge in [-0.25, -0.2) is 0 Å². The topological polar surface area (TPSA) is 38.8 Å². The van der Waals surface area contributed by atoms with E-state index in [0.717, 1.165) is 25.7 Å². The minimum atomic E-state index is -0.393. The Kier molecular flexibility index (Phi) is 3.22. The van der Waals surface area contributed by atoms with Gasteiger partial charge in [-0.2, -0.15) is 0 Å². The number of benzene rings is 1. The number of fused-ring (bicyclic) bond motifs is 2. The van der Waals surface area contributed by atoms with Crippen molar-refractivity contribution in [1.29, 1.82) is 0 Å². The van der Waals surface area contributed by atoms with E-state index in [1.54, 1.807) is 0 Å². The molecule has 25 heavy (non-hydrogen) atoms. The van der Waals surface area contributed by atoms with Gasteiger partial charge in [0, 0.05) is 0 Å². The van der Waals surface area contributed by atoms with Crippen LogP contribution in [0.2, 0.25) is 4.31 Å². The summed E-state index contributed by atoms with van der Waals surface area (Å²) in [5.74, 6) is 0.443. The first kappa shape index (κ1) is 16.1. The van der Waals surface area contributed by atoms with Crippen LogP contribution >= 0.6 is 0 Å². The van der Waals surface area contributed by atoms with E-state index in [2.05, 4.69) is 44.7 Å². The number of hydrogen-bond donors (Lipinski definition) is 0. The second kappa shape index (κ2) is 5.00. The SMILES string of the molecule is C=C1CC[C@]23O[C@@]2(C)CC[C@@H]2[C@H](OC(=O)[C@]2(C)[Se]c2ccccc2)[C@@H]13. The van der Waals surface area contributed by atoms with Crippen LogP contribution in [0, 0.1) is 11.8 Å². The molecule has 0 amide bonds. The van der Waals surface area contributed by atoms with Crippen molar-refractivity contribution in [2.75, 3.05) is 0 Å². The molecule has 0 radical (unpaired) electrons. The van der Waals surface area contributed by atoms with Crippen LogP contribution in [0.3, 0.4) is 0 Å². The summed E-state index contributed by atoms with van der Waals surface area (Å²) >= 11 is 0.0636. The van der Waals surface area contributed by atoms with Crippen molar-refractivity contribution in [2.45, 2.75) is 61.2 Å². The number of rotatable bonds is 2. The molecule has 0 bridgehead atoms. The van der Waals surface area contributed by atoms with Gasteiger partial charge in [0.2, 0.25) is 0 Å². The molecule has 0 N–H and O–H groups in total. The number of esters is 1. The molecule has 2 aliphatic heterocycles. The Balaban J connectivity index is 1.53. The molecule has 3 nitrogen and oxygen atoms in total. The van der Waals surface area contributed by atoms with Gasteiger partial charge < -0.3 is 0 Å². The van der Waals surface area contributed by atoms with Crippen molar-refractivity contribution in [2.24, 2.45) is 11.8 Å². The summed E-state index contributed by atoms with van der Waals surface area (Å²) in [6, 6.07) is 10.4. The molecule has 1 aromatic carbocycles. The molecule has 4 heteroatoms. The van der Waals surface area contributed by atoms with Crippen molar-refractivity contribution < 1.29 is 14.3 Å². The van der Waals surface area contributed by atoms with E-state index in [0.29, 0.717) is 0 Å². The van der Waals surface area contributed by atoms with Crippen molar-refractivity contribution in [3.8, 4) is 0 Å². The third-order valence-corrected chi connectivity index (χ3v) is 10.0. The van der Waals surface area contributed by atoms with Gasteiger partial charge in [-0.1, -0.05) is 0 Å². The molecule has 2 saturated heterocycles. The van der Waals surface area contributed by atoms with E-state index in [1.807, 2.05) is 6.07 Å². The Morgan fingerprint density at radius 2 is 1.96 bits per heavy atom. The Hall–Kier alpha value is -1.09. The number of carbonyl (C=O) groups is 1. The van der Waals surface area contributed by atoms with Crippen LogP contribution < -0.4 is 4.46 Å². The second-order valence-electron chi connectivity index (χ2n) is 8.40. The van der Waals surface area contributed by atoms with Crippen LogP contribution in [-0.4, -0.2) is 38.2 Å². The predicted molar refractivity (Wildman–Crippen MR) is 96.9 cm³/mol. The fourth-order valence-electron chi connectivity index (χ4n) is 5.64. The predicted octanol–water partition coefficient (Wildman–Crippen LogP) is 3.02. The van der Waals surface area contributed by atoms with Crippen molar-refractivity contribution >= 4 is 25.4 Å². The number of epoxide rings is 1. The van der Waals surface area contributed by atoms with Crippen LogP contribution in [0.15, 0.2) is 42.5 Å². The van der Waals surface area contributed by atoms with Crippen LogP contribution in [0.4, 0.5) is 0 Å². The average Bonchev–Trinajstić information content (AvgIpc) is 2.95. The molecule has 2 aliphatic carbocycles. The molecule has 6 atom stereocenters. The maximum atomic E-state index is 13.0. The fraction of sp³-hybridized carbons (Fsp3) is 0.571. The zero-order chi connectivity index (χ0) is 17.4. The van der Waals surface area contributed by atoms with Gasteiger partial charge >= 0.3 is 155 Å². The van der Waals surface area contributed by atoms with Crippen molar-refractivity contribution in [3.05, 3.63) is 42.5 Å². The zero-order valence-electron chi connectivity index (χ0n) is 14.8. The van der Waals surface area contributed by atoms with E-state index in [1.165, 1.54) is 10.0 Å². The summed E-state index contributed by atoms with van der Waals surface area (Å²) < 4.78 is 13.3. The Morgan fingerprint density at radius 1 is 1.20 bits per heavy atom. The molecule has 5 rings (SSSR count). The summed E-state index contributed by atoms with van der Waals surface area (Å²) in [6.45, 7) is 8.72.